The highest BCUT2D eigenvalue weighted by molar-refractivity contribution is 5.79. The van der Waals surface area contributed by atoms with Crippen LogP contribution in [-0.4, -0.2) is 56.5 Å². The van der Waals surface area contributed by atoms with Crippen LogP contribution in [0.1, 0.15) is 12.5 Å². The van der Waals surface area contributed by atoms with Crippen LogP contribution >= 0.6 is 0 Å². The largest absolute Gasteiger partial charge is 0.355 e. The Balaban J connectivity index is 2.46. The van der Waals surface area contributed by atoms with Crippen LogP contribution in [0.4, 0.5) is 4.39 Å². The number of rotatable bonds is 6. The molecule has 0 aromatic heterocycles. The first kappa shape index (κ1) is 16.4. The average Bonchev–Trinajstić information content (AvgIpc) is 2.45. The molecule has 0 bridgehead atoms. The summed E-state index contributed by atoms with van der Waals surface area (Å²) in [6.45, 7) is 5.69. The van der Waals surface area contributed by atoms with Gasteiger partial charge >= 0.3 is 0 Å². The zero-order valence-corrected chi connectivity index (χ0v) is 12.9. The molecule has 1 N–H and O–H groups in total. The first-order valence-corrected chi connectivity index (χ1v) is 6.91. The zero-order chi connectivity index (χ0) is 15.0. The lowest BCUT2D eigenvalue weighted by Gasteiger charge is -2.23. The van der Waals surface area contributed by atoms with E-state index in [4.69, 9.17) is 0 Å². The summed E-state index contributed by atoms with van der Waals surface area (Å²) < 4.78 is 12.9. The van der Waals surface area contributed by atoms with Crippen molar-refractivity contribution in [1.29, 1.82) is 0 Å². The van der Waals surface area contributed by atoms with Crippen LogP contribution in [0.5, 0.6) is 0 Å². The normalized spacial score (nSPS) is 11.8. The van der Waals surface area contributed by atoms with Crippen LogP contribution in [0.3, 0.4) is 0 Å². The summed E-state index contributed by atoms with van der Waals surface area (Å²) in [5.74, 6) is 0.639. The van der Waals surface area contributed by atoms with E-state index in [1.807, 2.05) is 11.9 Å². The molecule has 4 nitrogen and oxygen atoms in total. The van der Waals surface area contributed by atoms with E-state index in [1.54, 1.807) is 19.2 Å². The second kappa shape index (κ2) is 8.53. The van der Waals surface area contributed by atoms with Gasteiger partial charge in [0, 0.05) is 33.7 Å². The Bertz CT molecular complexity index is 416. The molecule has 5 heteroatoms. The monoisotopic (exact) mass is 280 g/mol. The van der Waals surface area contributed by atoms with Gasteiger partial charge in [0.25, 0.3) is 0 Å². The van der Waals surface area contributed by atoms with Crippen LogP contribution in [-0.2, 0) is 6.54 Å². The van der Waals surface area contributed by atoms with Gasteiger partial charge in [0.15, 0.2) is 5.96 Å². The third-order valence-electron chi connectivity index (χ3n) is 3.22. The van der Waals surface area contributed by atoms with Gasteiger partial charge in [-0.3, -0.25) is 4.99 Å². The maximum absolute atomic E-state index is 12.9. The third-order valence-corrected chi connectivity index (χ3v) is 3.22. The summed E-state index contributed by atoms with van der Waals surface area (Å²) in [5, 5.41) is 3.33. The van der Waals surface area contributed by atoms with E-state index in [9.17, 15) is 4.39 Å². The van der Waals surface area contributed by atoms with Crippen LogP contribution in [0, 0.1) is 5.82 Å². The third kappa shape index (κ3) is 5.57. The molecular weight excluding hydrogens is 255 g/mol. The van der Waals surface area contributed by atoms with E-state index >= 15 is 0 Å². The number of benzene rings is 1. The molecule has 0 aliphatic carbocycles. The Labute approximate surface area is 121 Å². The molecule has 0 fully saturated rings. The van der Waals surface area contributed by atoms with Crippen LogP contribution in [0.2, 0.25) is 0 Å². The topological polar surface area (TPSA) is 30.9 Å². The molecule has 0 saturated heterocycles. The summed E-state index contributed by atoms with van der Waals surface area (Å²) in [6, 6.07) is 6.55. The maximum atomic E-state index is 12.9. The highest BCUT2D eigenvalue weighted by Gasteiger charge is 2.06. The van der Waals surface area contributed by atoms with Crippen molar-refractivity contribution in [3.8, 4) is 0 Å². The van der Waals surface area contributed by atoms with Gasteiger partial charge in [-0.05, 0) is 31.3 Å². The molecular formula is C15H25FN4. The molecule has 112 valence electrons. The molecule has 0 unspecified atom stereocenters. The fourth-order valence-corrected chi connectivity index (χ4v) is 1.84. The van der Waals surface area contributed by atoms with E-state index in [0.717, 1.165) is 31.2 Å². The minimum Gasteiger partial charge on any atom is -0.355 e. The molecule has 0 spiro atoms. The van der Waals surface area contributed by atoms with Crippen LogP contribution in [0.15, 0.2) is 29.3 Å². The molecule has 1 aromatic carbocycles. The number of hydrogen-bond acceptors (Lipinski definition) is 2. The fourth-order valence-electron chi connectivity index (χ4n) is 1.84. The lowest BCUT2D eigenvalue weighted by Crippen LogP contribution is -2.41. The summed E-state index contributed by atoms with van der Waals surface area (Å²) >= 11 is 0. The molecule has 0 aliphatic heterocycles. The number of nitrogens with zero attached hydrogens (tertiary/aromatic N) is 3. The lowest BCUT2D eigenvalue weighted by atomic mass is 10.2. The minimum atomic E-state index is -0.207. The first-order chi connectivity index (χ1) is 9.56. The summed E-state index contributed by atoms with van der Waals surface area (Å²) in [6.07, 6.45) is 0. The van der Waals surface area contributed by atoms with Crippen LogP contribution < -0.4 is 5.32 Å². The Morgan fingerprint density at radius 2 is 1.90 bits per heavy atom. The Morgan fingerprint density at radius 1 is 1.25 bits per heavy atom. The molecule has 0 aliphatic rings. The van der Waals surface area contributed by atoms with Gasteiger partial charge < -0.3 is 15.1 Å². The predicted octanol–water partition coefficient (Wildman–Crippen LogP) is 1.78. The molecule has 0 radical (unpaired) electrons. The summed E-state index contributed by atoms with van der Waals surface area (Å²) in [7, 11) is 5.84. The van der Waals surface area contributed by atoms with Gasteiger partial charge in [-0.2, -0.15) is 0 Å². The van der Waals surface area contributed by atoms with Crippen molar-refractivity contribution in [2.75, 3.05) is 40.8 Å². The molecule has 0 heterocycles. The SMILES string of the molecule is CCN(C)CCNC(=NC)N(C)Cc1ccc(F)cc1. The standard InChI is InChI=1S/C15H25FN4/c1-5-19(3)11-10-18-15(17-2)20(4)12-13-6-8-14(16)9-7-13/h6-9H,5,10-12H2,1-4H3,(H,17,18). The van der Waals surface area contributed by atoms with Crippen molar-refractivity contribution in [1.82, 2.24) is 15.1 Å². The van der Waals surface area contributed by atoms with E-state index in [-0.39, 0.29) is 5.82 Å². The van der Waals surface area contributed by atoms with Crippen molar-refractivity contribution >= 4 is 5.96 Å². The van der Waals surface area contributed by atoms with Crippen molar-refractivity contribution in [3.05, 3.63) is 35.6 Å². The molecule has 20 heavy (non-hydrogen) atoms. The number of likely N-dealkylation sites (N-methyl/N-ethyl adjacent to an activating group) is 1. The average molecular weight is 280 g/mol. The first-order valence-electron chi connectivity index (χ1n) is 6.91. The second-order valence-corrected chi connectivity index (χ2v) is 4.85. The van der Waals surface area contributed by atoms with Crippen molar-refractivity contribution in [2.45, 2.75) is 13.5 Å². The van der Waals surface area contributed by atoms with E-state index < -0.39 is 0 Å². The Kier molecular flexibility index (Phi) is 7.01. The maximum Gasteiger partial charge on any atom is 0.193 e. The summed E-state index contributed by atoms with van der Waals surface area (Å²) in [5.41, 5.74) is 1.06. The highest BCUT2D eigenvalue weighted by atomic mass is 19.1. The van der Waals surface area contributed by atoms with Gasteiger partial charge in [0.1, 0.15) is 5.82 Å². The minimum absolute atomic E-state index is 0.207. The van der Waals surface area contributed by atoms with Crippen molar-refractivity contribution in [2.24, 2.45) is 4.99 Å². The smallest absolute Gasteiger partial charge is 0.193 e. The van der Waals surface area contributed by atoms with Crippen molar-refractivity contribution < 1.29 is 4.39 Å². The lowest BCUT2D eigenvalue weighted by molar-refractivity contribution is 0.353. The number of guanidine groups is 1. The second-order valence-electron chi connectivity index (χ2n) is 4.85. The number of halogens is 1. The van der Waals surface area contributed by atoms with Crippen LogP contribution in [0.25, 0.3) is 0 Å². The molecule has 0 saturated carbocycles. The van der Waals surface area contributed by atoms with Gasteiger partial charge in [0.2, 0.25) is 0 Å². The summed E-state index contributed by atoms with van der Waals surface area (Å²) in [4.78, 5) is 8.53. The van der Waals surface area contributed by atoms with Crippen molar-refractivity contribution in [3.63, 3.8) is 0 Å². The van der Waals surface area contributed by atoms with Gasteiger partial charge in [0.05, 0.1) is 0 Å². The number of nitrogens with one attached hydrogen (secondary N) is 1. The molecule has 1 rings (SSSR count). The van der Waals surface area contributed by atoms with E-state index in [1.165, 1.54) is 12.1 Å². The van der Waals surface area contributed by atoms with Gasteiger partial charge in [-0.15, -0.1) is 0 Å². The fraction of sp³-hybridized carbons (Fsp3) is 0.533. The molecule has 0 amide bonds. The number of aliphatic imine (C=N–C) groups is 1. The Morgan fingerprint density at radius 3 is 2.45 bits per heavy atom. The number of hydrogen-bond donors (Lipinski definition) is 1. The Hall–Kier alpha value is -1.62. The van der Waals surface area contributed by atoms with E-state index in [0.29, 0.717) is 6.54 Å². The molecule has 0 atom stereocenters. The highest BCUT2D eigenvalue weighted by Crippen LogP contribution is 2.05. The quantitative estimate of drug-likeness (QED) is 0.636. The predicted molar refractivity (Wildman–Crippen MR) is 82.4 cm³/mol. The van der Waals surface area contributed by atoms with Gasteiger partial charge in [-0.1, -0.05) is 19.1 Å². The molecule has 1 aromatic rings. The zero-order valence-electron chi connectivity index (χ0n) is 12.9. The van der Waals surface area contributed by atoms with E-state index in [2.05, 4.69) is 29.2 Å². The van der Waals surface area contributed by atoms with Gasteiger partial charge in [-0.25, -0.2) is 4.39 Å².